The van der Waals surface area contributed by atoms with Crippen molar-refractivity contribution < 1.29 is 14.0 Å². The largest absolute Gasteiger partial charge is 0.343 e. The number of benzene rings is 1. The van der Waals surface area contributed by atoms with Crippen LogP contribution in [-0.2, 0) is 11.3 Å². The van der Waals surface area contributed by atoms with Crippen molar-refractivity contribution in [3.8, 4) is 0 Å². The van der Waals surface area contributed by atoms with Gasteiger partial charge in [0.05, 0.1) is 17.1 Å². The number of thiophene rings is 1. The first-order valence-electron chi connectivity index (χ1n) is 11.8. The number of fused-ring (bicyclic) bond motifs is 1. The third kappa shape index (κ3) is 4.67. The second-order valence-corrected chi connectivity index (χ2v) is 10.3. The fourth-order valence-corrected chi connectivity index (χ4v) is 6.06. The Balaban J connectivity index is 1.23. The summed E-state index contributed by atoms with van der Waals surface area (Å²) >= 11 is 1.47. The van der Waals surface area contributed by atoms with Crippen LogP contribution in [-0.4, -0.2) is 57.6 Å². The molecule has 2 amide bonds. The molecule has 2 aliphatic heterocycles. The Bertz CT molecular complexity index is 1160. The van der Waals surface area contributed by atoms with Gasteiger partial charge < -0.3 is 9.80 Å². The number of hydrogen-bond acceptors (Lipinski definition) is 4. The summed E-state index contributed by atoms with van der Waals surface area (Å²) in [7, 11) is 0. The van der Waals surface area contributed by atoms with E-state index in [1.807, 2.05) is 27.5 Å². The van der Waals surface area contributed by atoms with E-state index in [-0.39, 0.29) is 17.6 Å². The summed E-state index contributed by atoms with van der Waals surface area (Å²) in [5.41, 5.74) is 1.86. The van der Waals surface area contributed by atoms with Crippen LogP contribution in [0.5, 0.6) is 0 Å². The molecule has 0 aliphatic carbocycles. The van der Waals surface area contributed by atoms with Crippen LogP contribution < -0.4 is 0 Å². The molecule has 0 unspecified atom stereocenters. The molecule has 0 saturated carbocycles. The minimum absolute atomic E-state index is 0.0632. The highest BCUT2D eigenvalue weighted by molar-refractivity contribution is 7.20. The van der Waals surface area contributed by atoms with Gasteiger partial charge in [-0.25, -0.2) is 4.39 Å². The van der Waals surface area contributed by atoms with Gasteiger partial charge in [0.25, 0.3) is 5.91 Å². The summed E-state index contributed by atoms with van der Waals surface area (Å²) in [6.07, 6.45) is 4.62. The van der Waals surface area contributed by atoms with E-state index in [9.17, 15) is 14.0 Å². The molecule has 1 aromatic carbocycles. The van der Waals surface area contributed by atoms with Crippen LogP contribution in [0.15, 0.2) is 30.3 Å². The van der Waals surface area contributed by atoms with Crippen LogP contribution in [0, 0.1) is 18.7 Å². The van der Waals surface area contributed by atoms with E-state index in [2.05, 4.69) is 5.10 Å². The highest BCUT2D eigenvalue weighted by Crippen LogP contribution is 2.31. The van der Waals surface area contributed by atoms with Gasteiger partial charge in [0.2, 0.25) is 5.91 Å². The van der Waals surface area contributed by atoms with Gasteiger partial charge >= 0.3 is 0 Å². The van der Waals surface area contributed by atoms with Crippen molar-refractivity contribution in [1.29, 1.82) is 0 Å². The lowest BCUT2D eigenvalue weighted by Crippen LogP contribution is -2.39. The third-order valence-electron chi connectivity index (χ3n) is 6.89. The number of aryl methyl sites for hydroxylation is 1. The summed E-state index contributed by atoms with van der Waals surface area (Å²) in [5.74, 6) is 0.459. The fourth-order valence-electron chi connectivity index (χ4n) is 4.93. The summed E-state index contributed by atoms with van der Waals surface area (Å²) in [6.45, 7) is 5.69. The van der Waals surface area contributed by atoms with Gasteiger partial charge in [-0.05, 0) is 62.3 Å². The van der Waals surface area contributed by atoms with E-state index in [4.69, 9.17) is 0 Å². The summed E-state index contributed by atoms with van der Waals surface area (Å²) in [6, 6.07) is 8.38. The number of piperidine rings is 1. The van der Waals surface area contributed by atoms with Crippen LogP contribution >= 0.6 is 11.3 Å². The number of amides is 2. The van der Waals surface area contributed by atoms with Gasteiger partial charge in [-0.15, -0.1) is 11.3 Å². The van der Waals surface area contributed by atoms with Gasteiger partial charge in [-0.2, -0.15) is 5.10 Å². The van der Waals surface area contributed by atoms with Gasteiger partial charge in [-0.1, -0.05) is 12.1 Å². The zero-order chi connectivity index (χ0) is 22.9. The molecule has 0 radical (unpaired) electrons. The molecule has 8 heteroatoms. The number of nitrogens with zero attached hydrogens (tertiary/aromatic N) is 4. The van der Waals surface area contributed by atoms with Crippen LogP contribution in [0.4, 0.5) is 4.39 Å². The van der Waals surface area contributed by atoms with Crippen LogP contribution in [0.1, 0.15) is 53.0 Å². The molecule has 0 spiro atoms. The lowest BCUT2D eigenvalue weighted by molar-refractivity contribution is -0.131. The topological polar surface area (TPSA) is 58.4 Å². The van der Waals surface area contributed by atoms with Crippen molar-refractivity contribution in [2.75, 3.05) is 26.2 Å². The second-order valence-electron chi connectivity index (χ2n) is 9.23. The van der Waals surface area contributed by atoms with E-state index in [1.54, 1.807) is 12.1 Å². The van der Waals surface area contributed by atoms with Crippen molar-refractivity contribution in [1.82, 2.24) is 19.6 Å². The summed E-state index contributed by atoms with van der Waals surface area (Å²) in [4.78, 5) is 31.3. The Labute approximate surface area is 197 Å². The Kier molecular flexibility index (Phi) is 6.19. The highest BCUT2D eigenvalue weighted by Gasteiger charge is 2.28. The number of carbonyl (C=O) groups is 2. The van der Waals surface area contributed by atoms with Crippen molar-refractivity contribution in [3.05, 3.63) is 52.3 Å². The van der Waals surface area contributed by atoms with E-state index < -0.39 is 0 Å². The zero-order valence-corrected chi connectivity index (χ0v) is 19.7. The van der Waals surface area contributed by atoms with E-state index in [0.29, 0.717) is 32.0 Å². The quantitative estimate of drug-likeness (QED) is 0.556. The fraction of sp³-hybridized carbons (Fsp3) is 0.480. The van der Waals surface area contributed by atoms with Crippen LogP contribution in [0.3, 0.4) is 0 Å². The molecule has 2 aliphatic rings. The predicted octanol–water partition coefficient (Wildman–Crippen LogP) is 4.46. The highest BCUT2D eigenvalue weighted by atomic mass is 32.1. The maximum Gasteiger partial charge on any atom is 0.264 e. The smallest absolute Gasteiger partial charge is 0.264 e. The standard InChI is InChI=1S/C25H29FN4O2S/c1-17-21-15-22(33-25(21)30(27-17)16-19-4-6-20(26)7-5-19)24(32)29-12-8-18(9-13-29)14-23(31)28-10-2-3-11-28/h4-7,15,18H,2-3,8-14,16H2,1H3. The van der Waals surface area contributed by atoms with Crippen LogP contribution in [0.2, 0.25) is 0 Å². The van der Waals surface area contributed by atoms with E-state index in [0.717, 1.165) is 65.1 Å². The molecule has 33 heavy (non-hydrogen) atoms. The Morgan fingerprint density at radius 3 is 2.45 bits per heavy atom. The molecule has 4 heterocycles. The minimum atomic E-state index is -0.256. The lowest BCUT2D eigenvalue weighted by atomic mass is 9.93. The lowest BCUT2D eigenvalue weighted by Gasteiger charge is -2.32. The monoisotopic (exact) mass is 468 g/mol. The van der Waals surface area contributed by atoms with Crippen molar-refractivity contribution >= 4 is 33.4 Å². The number of likely N-dealkylation sites (tertiary alicyclic amines) is 2. The minimum Gasteiger partial charge on any atom is -0.343 e. The Morgan fingerprint density at radius 1 is 1.06 bits per heavy atom. The van der Waals surface area contributed by atoms with Crippen molar-refractivity contribution in [2.24, 2.45) is 5.92 Å². The molecule has 174 valence electrons. The average Bonchev–Trinajstić information content (AvgIpc) is 3.55. The Hall–Kier alpha value is -2.74. The van der Waals surface area contributed by atoms with Gasteiger partial charge in [0, 0.05) is 38.0 Å². The predicted molar refractivity (Wildman–Crippen MR) is 127 cm³/mol. The SMILES string of the molecule is Cc1nn(Cc2ccc(F)cc2)c2sc(C(=O)N3CCC(CC(=O)N4CCCC4)CC3)cc12. The number of rotatable bonds is 5. The van der Waals surface area contributed by atoms with E-state index in [1.165, 1.54) is 23.5 Å². The first kappa shape index (κ1) is 22.1. The molecule has 5 rings (SSSR count). The first-order valence-corrected chi connectivity index (χ1v) is 12.6. The average molecular weight is 469 g/mol. The van der Waals surface area contributed by atoms with Crippen LogP contribution in [0.25, 0.3) is 10.2 Å². The summed E-state index contributed by atoms with van der Waals surface area (Å²) < 4.78 is 15.1. The Morgan fingerprint density at radius 2 is 1.76 bits per heavy atom. The molecule has 0 bridgehead atoms. The zero-order valence-electron chi connectivity index (χ0n) is 18.9. The first-order chi connectivity index (χ1) is 16.0. The van der Waals surface area contributed by atoms with E-state index >= 15 is 0 Å². The molecule has 2 saturated heterocycles. The molecule has 2 aromatic heterocycles. The number of carbonyl (C=O) groups excluding carboxylic acids is 2. The molecular weight excluding hydrogens is 439 g/mol. The maximum absolute atomic E-state index is 13.2. The number of halogens is 1. The molecule has 6 nitrogen and oxygen atoms in total. The third-order valence-corrected chi connectivity index (χ3v) is 8.02. The molecule has 3 aromatic rings. The molecule has 0 N–H and O–H groups in total. The van der Waals surface area contributed by atoms with Crippen molar-refractivity contribution in [3.63, 3.8) is 0 Å². The second kappa shape index (κ2) is 9.25. The van der Waals surface area contributed by atoms with Crippen molar-refractivity contribution in [2.45, 2.75) is 45.6 Å². The molecule has 0 atom stereocenters. The molecular formula is C25H29FN4O2S. The number of hydrogen-bond donors (Lipinski definition) is 0. The normalized spacial score (nSPS) is 17.3. The van der Waals surface area contributed by atoms with Gasteiger partial charge in [0.15, 0.2) is 0 Å². The van der Waals surface area contributed by atoms with Gasteiger partial charge in [0.1, 0.15) is 10.6 Å². The number of aromatic nitrogens is 2. The maximum atomic E-state index is 13.2. The van der Waals surface area contributed by atoms with Gasteiger partial charge in [-0.3, -0.25) is 14.3 Å². The summed E-state index contributed by atoms with van der Waals surface area (Å²) in [5, 5.41) is 5.62. The molecule has 2 fully saturated rings.